The molecule has 0 fully saturated rings. The standard InChI is InChI=1S/C16H18N4O2S2/c1-9-6-7-12(22-9)10(2)17-15(21)11(3)20-14(18-19-16(20)23)13-5-4-8-24-13/h4-8,10-11H,1-3H3,(H,17,21)(H,19,23). The van der Waals surface area contributed by atoms with Gasteiger partial charge in [0.1, 0.15) is 17.6 Å². The predicted octanol–water partition coefficient (Wildman–Crippen LogP) is 4.01. The second kappa shape index (κ2) is 6.74. The molecule has 0 saturated heterocycles. The molecule has 6 nitrogen and oxygen atoms in total. The smallest absolute Gasteiger partial charge is 0.243 e. The summed E-state index contributed by atoms with van der Waals surface area (Å²) in [6.45, 7) is 5.56. The van der Waals surface area contributed by atoms with Crippen molar-refractivity contribution in [2.45, 2.75) is 32.9 Å². The van der Waals surface area contributed by atoms with Crippen molar-refractivity contribution in [2.24, 2.45) is 0 Å². The number of nitrogens with zero attached hydrogens (tertiary/aromatic N) is 2. The number of aromatic amines is 1. The summed E-state index contributed by atoms with van der Waals surface area (Å²) in [5.74, 6) is 2.06. The van der Waals surface area contributed by atoms with Crippen molar-refractivity contribution in [3.8, 4) is 10.7 Å². The molecule has 24 heavy (non-hydrogen) atoms. The van der Waals surface area contributed by atoms with Gasteiger partial charge >= 0.3 is 0 Å². The average Bonchev–Trinajstić information content (AvgIpc) is 3.26. The number of rotatable bonds is 5. The molecule has 0 aliphatic heterocycles. The van der Waals surface area contributed by atoms with E-state index in [0.717, 1.165) is 16.4 Å². The third-order valence-electron chi connectivity index (χ3n) is 3.76. The van der Waals surface area contributed by atoms with E-state index in [1.165, 1.54) is 0 Å². The molecule has 0 aliphatic carbocycles. The number of amides is 1. The molecule has 0 aromatic carbocycles. The fourth-order valence-corrected chi connectivity index (χ4v) is 3.45. The molecule has 3 heterocycles. The zero-order valence-corrected chi connectivity index (χ0v) is 15.2. The molecule has 0 spiro atoms. The maximum Gasteiger partial charge on any atom is 0.243 e. The van der Waals surface area contributed by atoms with Crippen molar-refractivity contribution in [3.63, 3.8) is 0 Å². The lowest BCUT2D eigenvalue weighted by Gasteiger charge is -2.18. The van der Waals surface area contributed by atoms with Gasteiger partial charge < -0.3 is 9.73 Å². The fraction of sp³-hybridized carbons (Fsp3) is 0.312. The number of hydrogen-bond donors (Lipinski definition) is 2. The van der Waals surface area contributed by atoms with E-state index in [1.54, 1.807) is 22.8 Å². The maximum absolute atomic E-state index is 12.6. The predicted molar refractivity (Wildman–Crippen MR) is 95.4 cm³/mol. The molecule has 3 aromatic heterocycles. The number of thiophene rings is 1. The van der Waals surface area contributed by atoms with E-state index in [0.29, 0.717) is 10.6 Å². The first-order valence-corrected chi connectivity index (χ1v) is 8.83. The SMILES string of the molecule is Cc1ccc(C(C)NC(=O)C(C)n2c(-c3cccs3)n[nH]c2=S)o1. The number of nitrogens with one attached hydrogen (secondary N) is 2. The van der Waals surface area contributed by atoms with Gasteiger partial charge in [-0.1, -0.05) is 6.07 Å². The van der Waals surface area contributed by atoms with Crippen LogP contribution in [-0.4, -0.2) is 20.7 Å². The van der Waals surface area contributed by atoms with E-state index in [1.807, 2.05) is 43.5 Å². The van der Waals surface area contributed by atoms with Crippen LogP contribution in [0.2, 0.25) is 0 Å². The van der Waals surface area contributed by atoms with E-state index < -0.39 is 6.04 Å². The average molecular weight is 362 g/mol. The molecule has 0 radical (unpaired) electrons. The van der Waals surface area contributed by atoms with Crippen LogP contribution in [0.5, 0.6) is 0 Å². The van der Waals surface area contributed by atoms with Gasteiger partial charge in [-0.05, 0) is 56.6 Å². The van der Waals surface area contributed by atoms with Crippen LogP contribution in [-0.2, 0) is 4.79 Å². The van der Waals surface area contributed by atoms with Gasteiger partial charge in [0, 0.05) is 0 Å². The second-order valence-corrected chi connectivity index (χ2v) is 6.89. The van der Waals surface area contributed by atoms with Crippen LogP contribution in [0.3, 0.4) is 0 Å². The number of carbonyl (C=O) groups is 1. The Kier molecular flexibility index (Phi) is 4.68. The molecule has 8 heteroatoms. The van der Waals surface area contributed by atoms with Gasteiger partial charge in [-0.25, -0.2) is 0 Å². The molecule has 3 aromatic rings. The Labute approximate surface area is 148 Å². The first kappa shape index (κ1) is 16.7. The largest absolute Gasteiger partial charge is 0.464 e. The summed E-state index contributed by atoms with van der Waals surface area (Å²) in [6.07, 6.45) is 0. The molecule has 0 aliphatic rings. The summed E-state index contributed by atoms with van der Waals surface area (Å²) < 4.78 is 7.72. The Morgan fingerprint density at radius 2 is 2.21 bits per heavy atom. The lowest BCUT2D eigenvalue weighted by Crippen LogP contribution is -2.33. The van der Waals surface area contributed by atoms with E-state index >= 15 is 0 Å². The summed E-state index contributed by atoms with van der Waals surface area (Å²) in [7, 11) is 0. The molecule has 0 bridgehead atoms. The van der Waals surface area contributed by atoms with Crippen molar-refractivity contribution >= 4 is 29.5 Å². The number of aromatic nitrogens is 3. The van der Waals surface area contributed by atoms with Gasteiger partial charge in [0.15, 0.2) is 10.6 Å². The Morgan fingerprint density at radius 3 is 2.83 bits per heavy atom. The quantitative estimate of drug-likeness (QED) is 0.673. The first-order valence-electron chi connectivity index (χ1n) is 7.55. The first-order chi connectivity index (χ1) is 11.5. The van der Waals surface area contributed by atoms with Gasteiger partial charge in [0.2, 0.25) is 5.91 Å². The molecule has 1 amide bonds. The van der Waals surface area contributed by atoms with Crippen LogP contribution in [0.1, 0.15) is 37.5 Å². The molecule has 2 atom stereocenters. The molecular formula is C16H18N4O2S2. The summed E-state index contributed by atoms with van der Waals surface area (Å²) >= 11 is 6.85. The number of furan rings is 1. The molecule has 126 valence electrons. The highest BCUT2D eigenvalue weighted by atomic mass is 32.1. The lowest BCUT2D eigenvalue weighted by molar-refractivity contribution is -0.124. The normalized spacial score (nSPS) is 13.6. The second-order valence-electron chi connectivity index (χ2n) is 5.55. The maximum atomic E-state index is 12.6. The molecule has 2 unspecified atom stereocenters. The number of hydrogen-bond acceptors (Lipinski definition) is 5. The minimum atomic E-state index is -0.494. The Bertz CT molecular complexity index is 891. The Balaban J connectivity index is 1.82. The topological polar surface area (TPSA) is 75.8 Å². The van der Waals surface area contributed by atoms with Crippen LogP contribution in [0.15, 0.2) is 34.1 Å². The molecular weight excluding hydrogens is 344 g/mol. The van der Waals surface area contributed by atoms with E-state index in [-0.39, 0.29) is 11.9 Å². The van der Waals surface area contributed by atoms with E-state index in [2.05, 4.69) is 15.5 Å². The summed E-state index contributed by atoms with van der Waals surface area (Å²) in [4.78, 5) is 13.6. The number of H-pyrrole nitrogens is 1. The third-order valence-corrected chi connectivity index (χ3v) is 4.91. The zero-order valence-electron chi connectivity index (χ0n) is 13.6. The van der Waals surface area contributed by atoms with Crippen molar-refractivity contribution in [1.82, 2.24) is 20.1 Å². The highest BCUT2D eigenvalue weighted by molar-refractivity contribution is 7.71. The monoisotopic (exact) mass is 362 g/mol. The van der Waals surface area contributed by atoms with Gasteiger partial charge in [-0.3, -0.25) is 14.5 Å². The van der Waals surface area contributed by atoms with Crippen LogP contribution < -0.4 is 5.32 Å². The van der Waals surface area contributed by atoms with Gasteiger partial charge in [-0.2, -0.15) is 5.10 Å². The summed E-state index contributed by atoms with van der Waals surface area (Å²) in [5, 5.41) is 12.0. The van der Waals surface area contributed by atoms with Crippen molar-refractivity contribution in [2.75, 3.05) is 0 Å². The van der Waals surface area contributed by atoms with Crippen molar-refractivity contribution < 1.29 is 9.21 Å². The summed E-state index contributed by atoms with van der Waals surface area (Å²) in [5.41, 5.74) is 0. The Hall–Kier alpha value is -2.19. The Morgan fingerprint density at radius 1 is 1.42 bits per heavy atom. The number of carbonyl (C=O) groups excluding carboxylic acids is 1. The van der Waals surface area contributed by atoms with Gasteiger partial charge in [0.25, 0.3) is 0 Å². The van der Waals surface area contributed by atoms with Crippen molar-refractivity contribution in [1.29, 1.82) is 0 Å². The van der Waals surface area contributed by atoms with Crippen LogP contribution in [0.4, 0.5) is 0 Å². The van der Waals surface area contributed by atoms with Crippen LogP contribution in [0.25, 0.3) is 10.7 Å². The van der Waals surface area contributed by atoms with E-state index in [4.69, 9.17) is 16.6 Å². The van der Waals surface area contributed by atoms with Crippen molar-refractivity contribution in [3.05, 3.63) is 45.9 Å². The minimum absolute atomic E-state index is 0.146. The number of aryl methyl sites for hydroxylation is 1. The lowest BCUT2D eigenvalue weighted by atomic mass is 10.2. The third kappa shape index (κ3) is 3.20. The minimum Gasteiger partial charge on any atom is -0.464 e. The molecule has 0 saturated carbocycles. The van der Waals surface area contributed by atoms with Crippen LogP contribution in [0, 0.1) is 11.7 Å². The summed E-state index contributed by atoms with van der Waals surface area (Å²) in [6, 6.07) is 6.92. The van der Waals surface area contributed by atoms with Gasteiger partial charge in [-0.15, -0.1) is 11.3 Å². The fourth-order valence-electron chi connectivity index (χ4n) is 2.45. The zero-order chi connectivity index (χ0) is 17.3. The van der Waals surface area contributed by atoms with Crippen LogP contribution >= 0.6 is 23.6 Å². The highest BCUT2D eigenvalue weighted by Gasteiger charge is 2.23. The van der Waals surface area contributed by atoms with Gasteiger partial charge in [0.05, 0.1) is 10.9 Å². The molecule has 3 rings (SSSR count). The highest BCUT2D eigenvalue weighted by Crippen LogP contribution is 2.26. The van der Waals surface area contributed by atoms with E-state index in [9.17, 15) is 4.79 Å². The molecule has 2 N–H and O–H groups in total.